The average molecular weight is 146 g/mol. The first-order valence-corrected chi connectivity index (χ1v) is 6.30. The summed E-state index contributed by atoms with van der Waals surface area (Å²) < 4.78 is 11.0. The van der Waals surface area contributed by atoms with E-state index in [0.717, 1.165) is 26.1 Å². The molecule has 3 heteroatoms. The Morgan fingerprint density at radius 3 is 1.89 bits per heavy atom. The average Bonchev–Trinajstić information content (AvgIpc) is 1.92. The largest absolute Gasteiger partial charge is 0.395 e. The molecule has 0 N–H and O–H groups in total. The molecule has 2 nitrogen and oxygen atoms in total. The van der Waals surface area contributed by atoms with Crippen molar-refractivity contribution in [2.45, 2.75) is 25.9 Å². The molecule has 1 aliphatic heterocycles. The molecule has 0 aromatic carbocycles. The maximum atomic E-state index is 5.51. The summed E-state index contributed by atoms with van der Waals surface area (Å²) in [6.07, 6.45) is 2.33. The Morgan fingerprint density at radius 2 is 1.44 bits per heavy atom. The highest BCUT2D eigenvalue weighted by Crippen LogP contribution is 2.11. The fourth-order valence-corrected chi connectivity index (χ4v) is 2.24. The minimum Gasteiger partial charge on any atom is -0.395 e. The molecular formula is C6H14O2Si. The van der Waals surface area contributed by atoms with Crippen molar-refractivity contribution in [3.63, 3.8) is 0 Å². The van der Waals surface area contributed by atoms with Gasteiger partial charge in [-0.05, 0) is 25.9 Å². The van der Waals surface area contributed by atoms with Crippen LogP contribution in [0.3, 0.4) is 0 Å². The van der Waals surface area contributed by atoms with Crippen LogP contribution in [0.5, 0.6) is 0 Å². The van der Waals surface area contributed by atoms with Crippen LogP contribution in [0.15, 0.2) is 0 Å². The second-order valence-electron chi connectivity index (χ2n) is 2.80. The van der Waals surface area contributed by atoms with Gasteiger partial charge in [-0.15, -0.1) is 0 Å². The number of rotatable bonds is 0. The molecule has 0 spiro atoms. The summed E-state index contributed by atoms with van der Waals surface area (Å²) >= 11 is 0. The molecule has 0 aromatic heterocycles. The van der Waals surface area contributed by atoms with Crippen molar-refractivity contribution in [2.24, 2.45) is 0 Å². The van der Waals surface area contributed by atoms with E-state index in [0.29, 0.717) is 0 Å². The van der Waals surface area contributed by atoms with Gasteiger partial charge in [-0.25, -0.2) is 0 Å². The van der Waals surface area contributed by atoms with Crippen LogP contribution in [-0.4, -0.2) is 21.8 Å². The lowest BCUT2D eigenvalue weighted by Crippen LogP contribution is -2.33. The van der Waals surface area contributed by atoms with Crippen molar-refractivity contribution in [3.8, 4) is 0 Å². The zero-order chi connectivity index (χ0) is 6.74. The smallest absolute Gasteiger partial charge is 0.331 e. The summed E-state index contributed by atoms with van der Waals surface area (Å²) in [5.74, 6) is 0. The van der Waals surface area contributed by atoms with Gasteiger partial charge in [0, 0.05) is 13.2 Å². The van der Waals surface area contributed by atoms with E-state index < -0.39 is 8.56 Å². The van der Waals surface area contributed by atoms with Gasteiger partial charge in [0.05, 0.1) is 0 Å². The lowest BCUT2D eigenvalue weighted by molar-refractivity contribution is 0.216. The first kappa shape index (κ1) is 7.25. The molecule has 0 radical (unpaired) electrons. The number of hydrogen-bond acceptors (Lipinski definition) is 2. The fourth-order valence-electron chi connectivity index (χ4n) is 0.882. The standard InChI is InChI=1S/C6H14O2Si/c1-9(2)7-5-3-4-6-8-9/h3-6H2,1-2H3. The monoisotopic (exact) mass is 146 g/mol. The molecule has 0 aliphatic carbocycles. The first-order chi connectivity index (χ1) is 4.21. The maximum Gasteiger partial charge on any atom is 0.331 e. The quantitative estimate of drug-likeness (QED) is 0.482. The summed E-state index contributed by atoms with van der Waals surface area (Å²) in [5.41, 5.74) is 0. The first-order valence-electron chi connectivity index (χ1n) is 3.49. The minimum absolute atomic E-state index is 0.902. The molecule has 1 heterocycles. The Morgan fingerprint density at radius 1 is 1.00 bits per heavy atom. The molecule has 0 bridgehead atoms. The fraction of sp³-hybridized carbons (Fsp3) is 1.00. The van der Waals surface area contributed by atoms with E-state index in [1.165, 1.54) is 0 Å². The van der Waals surface area contributed by atoms with Crippen molar-refractivity contribution in [2.75, 3.05) is 13.2 Å². The molecular weight excluding hydrogens is 132 g/mol. The Labute approximate surface area is 57.4 Å². The van der Waals surface area contributed by atoms with Gasteiger partial charge in [0.25, 0.3) is 0 Å². The summed E-state index contributed by atoms with van der Waals surface area (Å²) in [6, 6.07) is 0. The third-order valence-electron chi connectivity index (χ3n) is 1.44. The van der Waals surface area contributed by atoms with Gasteiger partial charge >= 0.3 is 8.56 Å². The van der Waals surface area contributed by atoms with Crippen molar-refractivity contribution >= 4 is 8.56 Å². The van der Waals surface area contributed by atoms with Crippen LogP contribution >= 0.6 is 0 Å². The van der Waals surface area contributed by atoms with Crippen LogP contribution in [0.2, 0.25) is 13.1 Å². The van der Waals surface area contributed by atoms with Crippen molar-refractivity contribution in [1.82, 2.24) is 0 Å². The maximum absolute atomic E-state index is 5.51. The number of hydrogen-bond donors (Lipinski definition) is 0. The Hall–Kier alpha value is 0.137. The molecule has 0 amide bonds. The molecule has 54 valence electrons. The van der Waals surface area contributed by atoms with Crippen LogP contribution in [0, 0.1) is 0 Å². The van der Waals surface area contributed by atoms with Gasteiger partial charge in [-0.2, -0.15) is 0 Å². The molecule has 0 atom stereocenters. The lowest BCUT2D eigenvalue weighted by Gasteiger charge is -2.18. The third kappa shape index (κ3) is 2.47. The Bertz CT molecular complexity index is 83.1. The molecule has 1 fully saturated rings. The van der Waals surface area contributed by atoms with Gasteiger partial charge < -0.3 is 8.85 Å². The topological polar surface area (TPSA) is 18.5 Å². The van der Waals surface area contributed by atoms with Gasteiger partial charge in [0.15, 0.2) is 0 Å². The normalized spacial score (nSPS) is 27.3. The zero-order valence-electron chi connectivity index (χ0n) is 6.14. The van der Waals surface area contributed by atoms with E-state index in [2.05, 4.69) is 13.1 Å². The zero-order valence-corrected chi connectivity index (χ0v) is 7.14. The van der Waals surface area contributed by atoms with Crippen LogP contribution in [0.25, 0.3) is 0 Å². The highest BCUT2D eigenvalue weighted by Gasteiger charge is 2.25. The lowest BCUT2D eigenvalue weighted by atomic mass is 10.3. The summed E-state index contributed by atoms with van der Waals surface area (Å²) in [5, 5.41) is 0. The van der Waals surface area contributed by atoms with Crippen LogP contribution in [0.4, 0.5) is 0 Å². The van der Waals surface area contributed by atoms with Gasteiger partial charge in [-0.3, -0.25) is 0 Å². The van der Waals surface area contributed by atoms with Crippen molar-refractivity contribution < 1.29 is 8.85 Å². The molecule has 1 aliphatic rings. The molecule has 1 saturated heterocycles. The second kappa shape index (κ2) is 2.81. The van der Waals surface area contributed by atoms with E-state index in [4.69, 9.17) is 8.85 Å². The van der Waals surface area contributed by atoms with Crippen molar-refractivity contribution in [3.05, 3.63) is 0 Å². The summed E-state index contributed by atoms with van der Waals surface area (Å²) in [7, 11) is -1.64. The van der Waals surface area contributed by atoms with Crippen LogP contribution in [0.1, 0.15) is 12.8 Å². The second-order valence-corrected chi connectivity index (χ2v) is 6.18. The summed E-state index contributed by atoms with van der Waals surface area (Å²) in [6.45, 7) is 6.00. The molecule has 0 aromatic rings. The van der Waals surface area contributed by atoms with E-state index in [1.807, 2.05) is 0 Å². The highest BCUT2D eigenvalue weighted by atomic mass is 28.4. The van der Waals surface area contributed by atoms with Crippen molar-refractivity contribution in [1.29, 1.82) is 0 Å². The predicted molar refractivity (Wildman–Crippen MR) is 38.6 cm³/mol. The van der Waals surface area contributed by atoms with E-state index in [-0.39, 0.29) is 0 Å². The Balaban J connectivity index is 2.36. The van der Waals surface area contributed by atoms with E-state index in [9.17, 15) is 0 Å². The highest BCUT2D eigenvalue weighted by molar-refractivity contribution is 6.64. The molecule has 9 heavy (non-hydrogen) atoms. The SMILES string of the molecule is C[Si]1(C)OCCCCO1. The molecule has 1 rings (SSSR count). The van der Waals surface area contributed by atoms with Gasteiger partial charge in [-0.1, -0.05) is 0 Å². The van der Waals surface area contributed by atoms with Gasteiger partial charge in [0.2, 0.25) is 0 Å². The molecule has 0 unspecified atom stereocenters. The minimum atomic E-state index is -1.64. The third-order valence-corrected chi connectivity index (χ3v) is 3.24. The molecule has 0 saturated carbocycles. The van der Waals surface area contributed by atoms with E-state index in [1.54, 1.807) is 0 Å². The van der Waals surface area contributed by atoms with E-state index >= 15 is 0 Å². The Kier molecular flexibility index (Phi) is 2.27. The van der Waals surface area contributed by atoms with Crippen LogP contribution < -0.4 is 0 Å². The van der Waals surface area contributed by atoms with Crippen LogP contribution in [-0.2, 0) is 8.85 Å². The predicted octanol–water partition coefficient (Wildman–Crippen LogP) is 1.52. The summed E-state index contributed by atoms with van der Waals surface area (Å²) in [4.78, 5) is 0. The van der Waals surface area contributed by atoms with Gasteiger partial charge in [0.1, 0.15) is 0 Å².